The molecule has 0 unspecified atom stereocenters. The molecule has 0 aromatic heterocycles. The van der Waals surface area contributed by atoms with Crippen molar-refractivity contribution in [2.45, 2.75) is 33.2 Å². The predicted octanol–water partition coefficient (Wildman–Crippen LogP) is 3.20. The van der Waals surface area contributed by atoms with E-state index in [9.17, 15) is 9.59 Å². The number of esters is 1. The third-order valence-electron chi connectivity index (χ3n) is 4.38. The molecule has 5 heteroatoms. The van der Waals surface area contributed by atoms with Gasteiger partial charge in [-0.3, -0.25) is 4.79 Å². The third-order valence-corrected chi connectivity index (χ3v) is 4.38. The van der Waals surface area contributed by atoms with Crippen molar-refractivity contribution in [1.29, 1.82) is 0 Å². The first kappa shape index (κ1) is 18.0. The fraction of sp³-hybridized carbons (Fsp3) is 0.333. The lowest BCUT2D eigenvalue weighted by Crippen LogP contribution is -2.39. The van der Waals surface area contributed by atoms with E-state index < -0.39 is 5.97 Å². The highest BCUT2D eigenvalue weighted by Gasteiger charge is 2.30. The smallest absolute Gasteiger partial charge is 0.344 e. The Hall–Kier alpha value is -2.82. The fourth-order valence-electron chi connectivity index (χ4n) is 3.36. The summed E-state index contributed by atoms with van der Waals surface area (Å²) < 4.78 is 10.6. The summed E-state index contributed by atoms with van der Waals surface area (Å²) in [7, 11) is 0. The summed E-state index contributed by atoms with van der Waals surface area (Å²) in [6, 6.07) is 13.6. The zero-order valence-electron chi connectivity index (χ0n) is 15.3. The second-order valence-electron chi connectivity index (χ2n) is 6.72. The molecule has 0 radical (unpaired) electrons. The van der Waals surface area contributed by atoms with E-state index in [0.717, 1.165) is 28.8 Å². The van der Waals surface area contributed by atoms with Gasteiger partial charge >= 0.3 is 5.97 Å². The number of fused-ring (bicyclic) bond motifs is 1. The van der Waals surface area contributed by atoms with Gasteiger partial charge in [0.1, 0.15) is 5.75 Å². The number of aryl methyl sites for hydroxylation is 2. The van der Waals surface area contributed by atoms with E-state index in [-0.39, 0.29) is 25.2 Å². The lowest BCUT2D eigenvalue weighted by atomic mass is 10.1. The molecular formula is C21H23NO4. The first-order valence-electron chi connectivity index (χ1n) is 8.70. The van der Waals surface area contributed by atoms with Crippen molar-refractivity contribution in [2.75, 3.05) is 18.1 Å². The van der Waals surface area contributed by atoms with Crippen LogP contribution in [0, 0.1) is 13.8 Å². The number of ether oxygens (including phenoxy) is 2. The molecule has 0 bridgehead atoms. The molecule has 1 aliphatic rings. The summed E-state index contributed by atoms with van der Waals surface area (Å²) in [4.78, 5) is 26.1. The summed E-state index contributed by atoms with van der Waals surface area (Å²) in [6.45, 7) is 5.41. The summed E-state index contributed by atoms with van der Waals surface area (Å²) >= 11 is 0. The van der Waals surface area contributed by atoms with Gasteiger partial charge in [0, 0.05) is 11.7 Å². The van der Waals surface area contributed by atoms with E-state index in [0.29, 0.717) is 5.75 Å². The number of rotatable bonds is 5. The van der Waals surface area contributed by atoms with Crippen LogP contribution >= 0.6 is 0 Å². The van der Waals surface area contributed by atoms with E-state index >= 15 is 0 Å². The van der Waals surface area contributed by atoms with Crippen LogP contribution in [0.15, 0.2) is 42.5 Å². The SMILES string of the molecule is Cc1cc(C)cc(OCC(=O)OCC(=O)N2c3ccccc3C[C@@H]2C)c1. The largest absolute Gasteiger partial charge is 0.482 e. The van der Waals surface area contributed by atoms with Gasteiger partial charge in [-0.25, -0.2) is 4.79 Å². The molecule has 3 rings (SSSR count). The number of amides is 1. The Bertz CT molecular complexity index is 810. The molecule has 1 heterocycles. The van der Waals surface area contributed by atoms with Crippen molar-refractivity contribution in [2.24, 2.45) is 0 Å². The summed E-state index contributed by atoms with van der Waals surface area (Å²) in [5.74, 6) is -0.160. The molecule has 0 fully saturated rings. The maximum atomic E-state index is 12.5. The van der Waals surface area contributed by atoms with Crippen molar-refractivity contribution in [1.82, 2.24) is 0 Å². The zero-order valence-corrected chi connectivity index (χ0v) is 15.3. The Kier molecular flexibility index (Phi) is 5.26. The van der Waals surface area contributed by atoms with E-state index in [2.05, 4.69) is 0 Å². The van der Waals surface area contributed by atoms with Gasteiger partial charge in [-0.2, -0.15) is 0 Å². The van der Waals surface area contributed by atoms with Crippen molar-refractivity contribution >= 4 is 17.6 Å². The average Bonchev–Trinajstić information content (AvgIpc) is 2.93. The van der Waals surface area contributed by atoms with Crippen molar-refractivity contribution < 1.29 is 19.1 Å². The molecule has 1 atom stereocenters. The second kappa shape index (κ2) is 7.60. The van der Waals surface area contributed by atoms with Gasteiger partial charge in [0.05, 0.1) is 0 Å². The lowest BCUT2D eigenvalue weighted by Gasteiger charge is -2.22. The summed E-state index contributed by atoms with van der Waals surface area (Å²) in [5.41, 5.74) is 4.15. The minimum atomic E-state index is -0.558. The van der Waals surface area contributed by atoms with Gasteiger partial charge in [0.15, 0.2) is 13.2 Å². The number of carbonyl (C=O) groups is 2. The van der Waals surface area contributed by atoms with Gasteiger partial charge in [0.25, 0.3) is 5.91 Å². The van der Waals surface area contributed by atoms with Crippen LogP contribution in [0.4, 0.5) is 5.69 Å². The van der Waals surface area contributed by atoms with Crippen LogP contribution in [0.3, 0.4) is 0 Å². The standard InChI is InChI=1S/C21H23NO4/c1-14-8-15(2)10-18(9-14)25-13-21(24)26-12-20(23)22-16(3)11-17-6-4-5-7-19(17)22/h4-10,16H,11-13H2,1-3H3/t16-/m0/s1. The Labute approximate surface area is 153 Å². The Morgan fingerprint density at radius 3 is 2.50 bits per heavy atom. The highest BCUT2D eigenvalue weighted by Crippen LogP contribution is 2.31. The molecule has 0 aliphatic carbocycles. The molecule has 0 spiro atoms. The maximum absolute atomic E-state index is 12.5. The first-order chi connectivity index (χ1) is 12.4. The molecular weight excluding hydrogens is 330 g/mol. The normalized spacial score (nSPS) is 15.5. The number of para-hydroxylation sites is 1. The summed E-state index contributed by atoms with van der Waals surface area (Å²) in [5, 5.41) is 0. The number of hydrogen-bond acceptors (Lipinski definition) is 4. The van der Waals surface area contributed by atoms with Gasteiger partial charge in [-0.1, -0.05) is 24.3 Å². The van der Waals surface area contributed by atoms with Crippen molar-refractivity contribution in [3.63, 3.8) is 0 Å². The summed E-state index contributed by atoms with van der Waals surface area (Å²) in [6.07, 6.45) is 0.811. The molecule has 136 valence electrons. The average molecular weight is 353 g/mol. The molecule has 1 aliphatic heterocycles. The minimum absolute atomic E-state index is 0.0603. The van der Waals surface area contributed by atoms with Gasteiger partial charge in [0.2, 0.25) is 0 Å². The number of benzene rings is 2. The highest BCUT2D eigenvalue weighted by molar-refractivity contribution is 5.97. The van der Waals surface area contributed by atoms with Crippen LogP contribution in [-0.2, 0) is 20.7 Å². The van der Waals surface area contributed by atoms with Crippen LogP contribution < -0.4 is 9.64 Å². The van der Waals surface area contributed by atoms with Gasteiger partial charge in [-0.05, 0) is 62.1 Å². The van der Waals surface area contributed by atoms with Gasteiger partial charge in [-0.15, -0.1) is 0 Å². The molecule has 1 amide bonds. The Morgan fingerprint density at radius 1 is 1.08 bits per heavy atom. The monoisotopic (exact) mass is 353 g/mol. The molecule has 2 aromatic carbocycles. The van der Waals surface area contributed by atoms with Crippen LogP contribution in [0.5, 0.6) is 5.75 Å². The van der Waals surface area contributed by atoms with Crippen LogP contribution in [-0.4, -0.2) is 31.1 Å². The maximum Gasteiger partial charge on any atom is 0.344 e. The zero-order chi connectivity index (χ0) is 18.7. The first-order valence-corrected chi connectivity index (χ1v) is 8.70. The third kappa shape index (κ3) is 4.04. The number of nitrogens with zero attached hydrogens (tertiary/aromatic N) is 1. The van der Waals surface area contributed by atoms with Crippen molar-refractivity contribution in [3.05, 3.63) is 59.2 Å². The van der Waals surface area contributed by atoms with E-state index in [1.807, 2.05) is 63.2 Å². The molecule has 2 aromatic rings. The number of hydrogen-bond donors (Lipinski definition) is 0. The minimum Gasteiger partial charge on any atom is -0.482 e. The second-order valence-corrected chi connectivity index (χ2v) is 6.72. The molecule has 0 saturated carbocycles. The molecule has 0 saturated heterocycles. The Morgan fingerprint density at radius 2 is 1.77 bits per heavy atom. The fourth-order valence-corrected chi connectivity index (χ4v) is 3.36. The molecule has 26 heavy (non-hydrogen) atoms. The predicted molar refractivity (Wildman–Crippen MR) is 99.5 cm³/mol. The molecule has 5 nitrogen and oxygen atoms in total. The quantitative estimate of drug-likeness (QED) is 0.775. The van der Waals surface area contributed by atoms with E-state index in [4.69, 9.17) is 9.47 Å². The van der Waals surface area contributed by atoms with Crippen LogP contribution in [0.1, 0.15) is 23.6 Å². The highest BCUT2D eigenvalue weighted by atomic mass is 16.6. The number of carbonyl (C=O) groups excluding carboxylic acids is 2. The van der Waals surface area contributed by atoms with Crippen LogP contribution in [0.25, 0.3) is 0 Å². The molecule has 0 N–H and O–H groups in total. The van der Waals surface area contributed by atoms with Crippen molar-refractivity contribution in [3.8, 4) is 5.75 Å². The van der Waals surface area contributed by atoms with Gasteiger partial charge < -0.3 is 14.4 Å². The van der Waals surface area contributed by atoms with Crippen LogP contribution in [0.2, 0.25) is 0 Å². The Balaban J connectivity index is 1.52. The van der Waals surface area contributed by atoms with E-state index in [1.54, 1.807) is 4.90 Å². The lowest BCUT2D eigenvalue weighted by molar-refractivity contribution is -0.149. The van der Waals surface area contributed by atoms with E-state index in [1.165, 1.54) is 0 Å². The number of anilines is 1. The topological polar surface area (TPSA) is 55.8 Å².